The van der Waals surface area contributed by atoms with E-state index >= 15 is 0 Å². The number of rotatable bonds is 5. The highest BCUT2D eigenvalue weighted by Crippen LogP contribution is 2.24. The zero-order valence-corrected chi connectivity index (χ0v) is 18.8. The molecule has 1 aromatic rings. The van der Waals surface area contributed by atoms with Crippen molar-refractivity contribution in [3.63, 3.8) is 0 Å². The van der Waals surface area contributed by atoms with E-state index in [1.807, 2.05) is 6.92 Å². The van der Waals surface area contributed by atoms with Crippen LogP contribution in [0.2, 0.25) is 5.28 Å². The summed E-state index contributed by atoms with van der Waals surface area (Å²) in [6, 6.07) is 0. The molecule has 5 nitrogen and oxygen atoms in total. The first kappa shape index (κ1) is 23.7. The highest BCUT2D eigenvalue weighted by molar-refractivity contribution is 6.28. The molecular formula is C21H36ClN3O2. The van der Waals surface area contributed by atoms with Gasteiger partial charge in [0.15, 0.2) is 0 Å². The number of hydrogen-bond acceptors (Lipinski definition) is 5. The van der Waals surface area contributed by atoms with Gasteiger partial charge in [-0.3, -0.25) is 0 Å². The first-order valence-electron chi connectivity index (χ1n) is 9.95. The molecule has 1 fully saturated rings. The zero-order valence-electron chi connectivity index (χ0n) is 18.1. The molecule has 0 amide bonds. The molecule has 154 valence electrons. The maximum absolute atomic E-state index is 6.00. The molecule has 0 unspecified atom stereocenters. The van der Waals surface area contributed by atoms with E-state index in [9.17, 15) is 0 Å². The van der Waals surface area contributed by atoms with Crippen LogP contribution in [0.4, 0.5) is 5.82 Å². The second-order valence-electron chi connectivity index (χ2n) is 7.49. The Morgan fingerprint density at radius 1 is 1.15 bits per heavy atom. The van der Waals surface area contributed by atoms with Crippen LogP contribution in [0.3, 0.4) is 0 Å². The summed E-state index contributed by atoms with van der Waals surface area (Å²) < 4.78 is 10.9. The summed E-state index contributed by atoms with van der Waals surface area (Å²) >= 11 is 6.00. The lowest BCUT2D eigenvalue weighted by Gasteiger charge is -2.30. The maximum Gasteiger partial charge on any atom is 0.224 e. The van der Waals surface area contributed by atoms with Crippen molar-refractivity contribution in [2.24, 2.45) is 0 Å². The SMILES string of the molecule is CC/C=C(\C)OC(C)(C)C.CCc1nc(Cl)nc(N2CCOCC2)c1CC. The first-order valence-corrected chi connectivity index (χ1v) is 10.3. The molecule has 0 saturated carbocycles. The van der Waals surface area contributed by atoms with E-state index in [0.717, 1.165) is 62.8 Å². The summed E-state index contributed by atoms with van der Waals surface area (Å²) in [5.41, 5.74) is 2.24. The van der Waals surface area contributed by atoms with Gasteiger partial charge >= 0.3 is 0 Å². The van der Waals surface area contributed by atoms with Crippen molar-refractivity contribution >= 4 is 17.4 Å². The second-order valence-corrected chi connectivity index (χ2v) is 7.82. The molecule has 6 heteroatoms. The minimum atomic E-state index is -0.0459. The summed E-state index contributed by atoms with van der Waals surface area (Å²) in [6.45, 7) is 17.8. The number of ether oxygens (including phenoxy) is 2. The van der Waals surface area contributed by atoms with E-state index in [4.69, 9.17) is 21.1 Å². The van der Waals surface area contributed by atoms with Crippen LogP contribution in [0.15, 0.2) is 11.8 Å². The molecule has 0 N–H and O–H groups in total. The monoisotopic (exact) mass is 397 g/mol. The largest absolute Gasteiger partial charge is 0.493 e. The molecule has 0 atom stereocenters. The van der Waals surface area contributed by atoms with Crippen molar-refractivity contribution in [2.75, 3.05) is 31.2 Å². The van der Waals surface area contributed by atoms with Crippen LogP contribution in [0, 0.1) is 0 Å². The Bertz CT molecular complexity index is 606. The minimum Gasteiger partial charge on any atom is -0.493 e. The lowest BCUT2D eigenvalue weighted by molar-refractivity contribution is 0.0529. The molecule has 27 heavy (non-hydrogen) atoms. The second kappa shape index (κ2) is 11.5. The predicted octanol–water partition coefficient (Wildman–Crippen LogP) is 5.21. The quantitative estimate of drug-likeness (QED) is 0.504. The van der Waals surface area contributed by atoms with Gasteiger partial charge in [0.1, 0.15) is 11.4 Å². The number of nitrogens with zero attached hydrogens (tertiary/aromatic N) is 3. The fourth-order valence-corrected chi connectivity index (χ4v) is 3.17. The van der Waals surface area contributed by atoms with E-state index in [1.54, 1.807) is 0 Å². The Hall–Kier alpha value is -1.33. The van der Waals surface area contributed by atoms with Crippen LogP contribution >= 0.6 is 11.6 Å². The van der Waals surface area contributed by atoms with E-state index in [-0.39, 0.29) is 5.60 Å². The van der Waals surface area contributed by atoms with Gasteiger partial charge < -0.3 is 14.4 Å². The third-order valence-corrected chi connectivity index (χ3v) is 4.17. The first-order chi connectivity index (χ1) is 12.7. The van der Waals surface area contributed by atoms with Gasteiger partial charge in [-0.2, -0.15) is 0 Å². The molecule has 0 aromatic carbocycles. The Morgan fingerprint density at radius 2 is 1.78 bits per heavy atom. The van der Waals surface area contributed by atoms with Gasteiger partial charge in [0.2, 0.25) is 5.28 Å². The van der Waals surface area contributed by atoms with Crippen LogP contribution < -0.4 is 4.90 Å². The van der Waals surface area contributed by atoms with E-state index < -0.39 is 0 Å². The van der Waals surface area contributed by atoms with E-state index in [0.29, 0.717) is 5.28 Å². The molecule has 0 aliphatic carbocycles. The number of anilines is 1. The van der Waals surface area contributed by atoms with Crippen molar-refractivity contribution in [3.05, 3.63) is 28.4 Å². The molecule has 2 rings (SSSR count). The lowest BCUT2D eigenvalue weighted by Crippen LogP contribution is -2.37. The van der Waals surface area contributed by atoms with Gasteiger partial charge in [-0.25, -0.2) is 9.97 Å². The van der Waals surface area contributed by atoms with Gasteiger partial charge in [-0.1, -0.05) is 20.8 Å². The third kappa shape index (κ3) is 8.48. The Morgan fingerprint density at radius 3 is 2.26 bits per heavy atom. The summed E-state index contributed by atoms with van der Waals surface area (Å²) in [5, 5.41) is 0.348. The molecule has 0 bridgehead atoms. The average molecular weight is 398 g/mol. The van der Waals surface area contributed by atoms with Crippen LogP contribution in [-0.2, 0) is 22.3 Å². The van der Waals surface area contributed by atoms with Crippen molar-refractivity contribution < 1.29 is 9.47 Å². The molecule has 0 radical (unpaired) electrons. The number of halogens is 1. The Balaban J connectivity index is 0.000000314. The molecule has 0 spiro atoms. The molecule has 1 aliphatic heterocycles. The molecular weight excluding hydrogens is 362 g/mol. The van der Waals surface area contributed by atoms with Crippen LogP contribution in [0.1, 0.15) is 66.1 Å². The van der Waals surface area contributed by atoms with Crippen molar-refractivity contribution in [1.29, 1.82) is 0 Å². The van der Waals surface area contributed by atoms with Gasteiger partial charge in [0, 0.05) is 18.7 Å². The van der Waals surface area contributed by atoms with Crippen molar-refractivity contribution in [3.8, 4) is 0 Å². The van der Waals surface area contributed by atoms with Gasteiger partial charge in [-0.05, 0) is 64.6 Å². The third-order valence-electron chi connectivity index (χ3n) is 4.00. The zero-order chi connectivity index (χ0) is 20.4. The van der Waals surface area contributed by atoms with Crippen molar-refractivity contribution in [2.45, 2.75) is 73.3 Å². The van der Waals surface area contributed by atoms with E-state index in [1.165, 1.54) is 5.56 Å². The number of aromatic nitrogens is 2. The Kier molecular flexibility index (Phi) is 10.1. The number of hydrogen-bond donors (Lipinski definition) is 0. The summed E-state index contributed by atoms with van der Waals surface area (Å²) in [5.74, 6) is 2.02. The average Bonchev–Trinajstić information content (AvgIpc) is 2.61. The topological polar surface area (TPSA) is 47.5 Å². The summed E-state index contributed by atoms with van der Waals surface area (Å²) in [7, 11) is 0. The van der Waals surface area contributed by atoms with Crippen molar-refractivity contribution in [1.82, 2.24) is 9.97 Å². The fraction of sp³-hybridized carbons (Fsp3) is 0.714. The number of aryl methyl sites for hydroxylation is 1. The molecule has 1 saturated heterocycles. The van der Waals surface area contributed by atoms with Crippen LogP contribution in [0.25, 0.3) is 0 Å². The van der Waals surface area contributed by atoms with Crippen LogP contribution in [-0.4, -0.2) is 41.9 Å². The number of morpholine rings is 1. The predicted molar refractivity (Wildman–Crippen MR) is 114 cm³/mol. The maximum atomic E-state index is 6.00. The van der Waals surface area contributed by atoms with Crippen LogP contribution in [0.5, 0.6) is 0 Å². The fourth-order valence-electron chi connectivity index (χ4n) is 2.99. The highest BCUT2D eigenvalue weighted by Gasteiger charge is 2.19. The highest BCUT2D eigenvalue weighted by atomic mass is 35.5. The minimum absolute atomic E-state index is 0.0459. The normalized spacial score (nSPS) is 15.3. The molecule has 2 heterocycles. The van der Waals surface area contributed by atoms with E-state index in [2.05, 4.69) is 62.5 Å². The standard InChI is InChI=1S/C12H18ClN3O.C9H18O/c1-3-9-10(4-2)14-12(13)15-11(9)16-5-7-17-8-6-16;1-6-7-8(2)10-9(3,4)5/h3-8H2,1-2H3;7H,6H2,1-5H3/b;8-7+. The Labute approximate surface area is 170 Å². The number of allylic oxidation sites excluding steroid dienone is 2. The molecule has 1 aliphatic rings. The summed E-state index contributed by atoms with van der Waals surface area (Å²) in [4.78, 5) is 11.0. The lowest BCUT2D eigenvalue weighted by atomic mass is 10.1. The van der Waals surface area contributed by atoms with Gasteiger partial charge in [0.25, 0.3) is 0 Å². The summed E-state index contributed by atoms with van der Waals surface area (Å²) in [6.07, 6.45) is 4.96. The molecule has 1 aromatic heterocycles. The smallest absolute Gasteiger partial charge is 0.224 e. The van der Waals surface area contributed by atoms with Gasteiger partial charge in [0.05, 0.1) is 24.7 Å². The van der Waals surface area contributed by atoms with Gasteiger partial charge in [-0.15, -0.1) is 0 Å².